The largest absolute Gasteiger partial charge is 0.467 e. The number of nitrogens with zero attached hydrogens (tertiary/aromatic N) is 1. The van der Waals surface area contributed by atoms with Gasteiger partial charge in [-0.05, 0) is 29.3 Å². The van der Waals surface area contributed by atoms with Crippen LogP contribution >= 0.6 is 0 Å². The van der Waals surface area contributed by atoms with Crippen molar-refractivity contribution >= 4 is 22.6 Å². The molecular weight excluding hydrogens is 280 g/mol. The van der Waals surface area contributed by atoms with Crippen molar-refractivity contribution in [2.24, 2.45) is 0 Å². The van der Waals surface area contributed by atoms with Crippen molar-refractivity contribution in [1.82, 2.24) is 5.32 Å². The zero-order valence-corrected chi connectivity index (χ0v) is 12.2. The molecule has 2 aromatic rings. The fourth-order valence-corrected chi connectivity index (χ4v) is 2.17. The van der Waals surface area contributed by atoms with Crippen LogP contribution in [0.5, 0.6) is 0 Å². The normalized spacial score (nSPS) is 11.5. The lowest BCUT2D eigenvalue weighted by molar-refractivity contribution is -0.143. The molecule has 2 aromatic carbocycles. The Balaban J connectivity index is 2.17. The maximum Gasteiger partial charge on any atom is 0.328 e. The van der Waals surface area contributed by atoms with Crippen LogP contribution in [-0.2, 0) is 9.53 Å². The second-order valence-electron chi connectivity index (χ2n) is 4.81. The molecule has 0 bridgehead atoms. The SMILES string of the molecule is COC(=O)[C@@H](CCC#N)NC(=O)c1ccc2ccccc2c1. The van der Waals surface area contributed by atoms with Gasteiger partial charge < -0.3 is 10.1 Å². The number of nitriles is 1. The molecular formula is C17H16N2O3. The molecule has 0 fully saturated rings. The molecule has 0 saturated heterocycles. The van der Waals surface area contributed by atoms with Gasteiger partial charge in [0.05, 0.1) is 13.2 Å². The summed E-state index contributed by atoms with van der Waals surface area (Å²) in [5.41, 5.74) is 0.463. The molecule has 0 aliphatic heterocycles. The van der Waals surface area contributed by atoms with Crippen LogP contribution in [-0.4, -0.2) is 25.0 Å². The predicted molar refractivity (Wildman–Crippen MR) is 82.1 cm³/mol. The number of ether oxygens (including phenoxy) is 1. The third kappa shape index (κ3) is 3.61. The van der Waals surface area contributed by atoms with Gasteiger partial charge in [-0.15, -0.1) is 0 Å². The first-order chi connectivity index (χ1) is 10.7. The molecule has 22 heavy (non-hydrogen) atoms. The van der Waals surface area contributed by atoms with Gasteiger partial charge in [-0.3, -0.25) is 4.79 Å². The minimum atomic E-state index is -0.816. The number of rotatable bonds is 5. The standard InChI is InChI=1S/C17H16N2O3/c1-22-17(21)15(7-4-10-18)19-16(20)14-9-8-12-5-2-3-6-13(12)11-14/h2-3,5-6,8-9,11,15H,4,7H2,1H3,(H,19,20)/t15-/m1/s1. The summed E-state index contributed by atoms with van der Waals surface area (Å²) in [5.74, 6) is -0.913. The summed E-state index contributed by atoms with van der Waals surface area (Å²) in [6.45, 7) is 0. The number of fused-ring (bicyclic) bond motifs is 1. The summed E-state index contributed by atoms with van der Waals surface area (Å²) >= 11 is 0. The molecule has 1 atom stereocenters. The van der Waals surface area contributed by atoms with Crippen molar-refractivity contribution in [2.45, 2.75) is 18.9 Å². The molecule has 112 valence electrons. The molecule has 0 unspecified atom stereocenters. The number of hydrogen-bond acceptors (Lipinski definition) is 4. The summed E-state index contributed by atoms with van der Waals surface area (Å²) in [6.07, 6.45) is 0.389. The van der Waals surface area contributed by atoms with Crippen molar-refractivity contribution in [3.05, 3.63) is 48.0 Å². The molecule has 1 N–H and O–H groups in total. The third-order valence-corrected chi connectivity index (χ3v) is 3.35. The number of hydrogen-bond donors (Lipinski definition) is 1. The number of esters is 1. The van der Waals surface area contributed by atoms with Crippen LogP contribution in [0.25, 0.3) is 10.8 Å². The van der Waals surface area contributed by atoms with Gasteiger partial charge in [0, 0.05) is 12.0 Å². The van der Waals surface area contributed by atoms with Crippen LogP contribution in [0.4, 0.5) is 0 Å². The summed E-state index contributed by atoms with van der Waals surface area (Å²) in [7, 11) is 1.25. The van der Waals surface area contributed by atoms with Gasteiger partial charge >= 0.3 is 5.97 Å². The Morgan fingerprint density at radius 3 is 2.64 bits per heavy atom. The average molecular weight is 296 g/mol. The highest BCUT2D eigenvalue weighted by Gasteiger charge is 2.21. The number of carbonyl (C=O) groups is 2. The molecule has 1 amide bonds. The highest BCUT2D eigenvalue weighted by molar-refractivity contribution is 6.00. The summed E-state index contributed by atoms with van der Waals surface area (Å²) < 4.78 is 4.65. The molecule has 2 rings (SSSR count). The number of nitrogens with one attached hydrogen (secondary N) is 1. The molecule has 0 heterocycles. The topological polar surface area (TPSA) is 79.2 Å². The second kappa shape index (κ2) is 7.23. The van der Waals surface area contributed by atoms with E-state index in [4.69, 9.17) is 5.26 Å². The van der Waals surface area contributed by atoms with Crippen LogP contribution < -0.4 is 5.32 Å². The van der Waals surface area contributed by atoms with Gasteiger partial charge in [-0.2, -0.15) is 5.26 Å². The van der Waals surface area contributed by atoms with E-state index < -0.39 is 12.0 Å². The van der Waals surface area contributed by atoms with Gasteiger partial charge in [-0.1, -0.05) is 30.3 Å². The lowest BCUT2D eigenvalue weighted by atomic mass is 10.1. The number of benzene rings is 2. The Labute approximate surface area is 128 Å². The Hall–Kier alpha value is -2.87. The Morgan fingerprint density at radius 2 is 1.95 bits per heavy atom. The minimum Gasteiger partial charge on any atom is -0.467 e. The van der Waals surface area contributed by atoms with Crippen molar-refractivity contribution < 1.29 is 14.3 Å². The zero-order chi connectivity index (χ0) is 15.9. The second-order valence-corrected chi connectivity index (χ2v) is 4.81. The van der Waals surface area contributed by atoms with Crippen molar-refractivity contribution in [3.63, 3.8) is 0 Å². The van der Waals surface area contributed by atoms with E-state index in [0.717, 1.165) is 10.8 Å². The molecule has 0 aliphatic rings. The van der Waals surface area contributed by atoms with E-state index in [-0.39, 0.29) is 18.7 Å². The zero-order valence-electron chi connectivity index (χ0n) is 12.2. The average Bonchev–Trinajstić information content (AvgIpc) is 2.57. The number of amides is 1. The monoisotopic (exact) mass is 296 g/mol. The van der Waals surface area contributed by atoms with E-state index in [1.165, 1.54) is 7.11 Å². The highest BCUT2D eigenvalue weighted by Crippen LogP contribution is 2.16. The van der Waals surface area contributed by atoms with Crippen LogP contribution in [0.2, 0.25) is 0 Å². The summed E-state index contributed by atoms with van der Waals surface area (Å²) in [5, 5.41) is 13.2. The summed E-state index contributed by atoms with van der Waals surface area (Å²) in [4.78, 5) is 23.9. The molecule has 0 aromatic heterocycles. The quantitative estimate of drug-likeness (QED) is 0.859. The maximum atomic E-state index is 12.3. The van der Waals surface area contributed by atoms with Crippen molar-refractivity contribution in [1.29, 1.82) is 5.26 Å². The van der Waals surface area contributed by atoms with Crippen molar-refractivity contribution in [2.75, 3.05) is 7.11 Å². The molecule has 0 radical (unpaired) electrons. The molecule has 5 nitrogen and oxygen atoms in total. The maximum absolute atomic E-state index is 12.3. The lowest BCUT2D eigenvalue weighted by Crippen LogP contribution is -2.41. The molecule has 5 heteroatoms. The lowest BCUT2D eigenvalue weighted by Gasteiger charge is -2.15. The Kier molecular flexibility index (Phi) is 5.10. The van der Waals surface area contributed by atoms with Gasteiger partial charge in [0.15, 0.2) is 0 Å². The fourth-order valence-electron chi connectivity index (χ4n) is 2.17. The first-order valence-electron chi connectivity index (χ1n) is 6.90. The van der Waals surface area contributed by atoms with E-state index >= 15 is 0 Å². The van der Waals surface area contributed by atoms with E-state index in [1.54, 1.807) is 12.1 Å². The van der Waals surface area contributed by atoms with Gasteiger partial charge in [0.1, 0.15) is 6.04 Å². The van der Waals surface area contributed by atoms with Crippen LogP contribution in [0.1, 0.15) is 23.2 Å². The van der Waals surface area contributed by atoms with Crippen LogP contribution in [0.15, 0.2) is 42.5 Å². The third-order valence-electron chi connectivity index (χ3n) is 3.35. The smallest absolute Gasteiger partial charge is 0.328 e. The first-order valence-corrected chi connectivity index (χ1v) is 6.90. The van der Waals surface area contributed by atoms with Crippen molar-refractivity contribution in [3.8, 4) is 6.07 Å². The van der Waals surface area contributed by atoms with Gasteiger partial charge in [0.2, 0.25) is 0 Å². The molecule has 0 saturated carbocycles. The number of carbonyl (C=O) groups excluding carboxylic acids is 2. The Morgan fingerprint density at radius 1 is 1.23 bits per heavy atom. The van der Waals surface area contributed by atoms with E-state index in [2.05, 4.69) is 10.1 Å². The van der Waals surface area contributed by atoms with E-state index in [1.807, 2.05) is 36.4 Å². The molecule has 0 spiro atoms. The van der Waals surface area contributed by atoms with Gasteiger partial charge in [-0.25, -0.2) is 4.79 Å². The van der Waals surface area contributed by atoms with Crippen LogP contribution in [0.3, 0.4) is 0 Å². The highest BCUT2D eigenvalue weighted by atomic mass is 16.5. The predicted octanol–water partition coefficient (Wildman–Crippen LogP) is 2.41. The fraction of sp³-hybridized carbons (Fsp3) is 0.235. The minimum absolute atomic E-state index is 0.164. The summed E-state index contributed by atoms with van der Waals surface area (Å²) in [6, 6.07) is 14.2. The van der Waals surface area contributed by atoms with E-state index in [0.29, 0.717) is 5.56 Å². The number of methoxy groups -OCH3 is 1. The van der Waals surface area contributed by atoms with E-state index in [9.17, 15) is 9.59 Å². The Bertz CT molecular complexity index is 734. The van der Waals surface area contributed by atoms with Crippen LogP contribution in [0, 0.1) is 11.3 Å². The first kappa shape index (κ1) is 15.5. The molecule has 0 aliphatic carbocycles. The van der Waals surface area contributed by atoms with Gasteiger partial charge in [0.25, 0.3) is 5.91 Å².